The number of hydrogen-bond acceptors (Lipinski definition) is 4. The third-order valence-electron chi connectivity index (χ3n) is 3.50. The largest absolute Gasteiger partial charge is 0.380 e. The van der Waals surface area contributed by atoms with E-state index in [0.29, 0.717) is 6.54 Å². The van der Waals surface area contributed by atoms with Gasteiger partial charge >= 0.3 is 0 Å². The van der Waals surface area contributed by atoms with Crippen molar-refractivity contribution < 1.29 is 4.74 Å². The topological polar surface area (TPSA) is 56.3 Å². The average molecular weight is 252 g/mol. The summed E-state index contributed by atoms with van der Waals surface area (Å²) >= 11 is 0. The Morgan fingerprint density at radius 1 is 1.61 bits per heavy atom. The van der Waals surface area contributed by atoms with Crippen molar-refractivity contribution >= 4 is 0 Å². The third kappa shape index (κ3) is 3.80. The Bertz CT molecular complexity index is 362. The summed E-state index contributed by atoms with van der Waals surface area (Å²) in [6.45, 7) is 3.21. The summed E-state index contributed by atoms with van der Waals surface area (Å²) in [7, 11) is 4.01. The highest BCUT2D eigenvalue weighted by Crippen LogP contribution is 2.28. The molecule has 0 bridgehead atoms. The zero-order valence-electron chi connectivity index (χ0n) is 11.4. The maximum atomic E-state index is 5.86. The summed E-state index contributed by atoms with van der Waals surface area (Å²) in [5.41, 5.74) is 7.03. The molecular weight excluding hydrogens is 228 g/mol. The van der Waals surface area contributed by atoms with Gasteiger partial charge in [0.05, 0.1) is 12.8 Å². The van der Waals surface area contributed by atoms with Crippen LogP contribution in [-0.2, 0) is 11.8 Å². The summed E-state index contributed by atoms with van der Waals surface area (Å²) in [6.07, 6.45) is 6.60. The van der Waals surface area contributed by atoms with E-state index in [1.807, 2.05) is 24.1 Å². The van der Waals surface area contributed by atoms with Crippen molar-refractivity contribution in [2.45, 2.75) is 18.9 Å². The van der Waals surface area contributed by atoms with Crippen molar-refractivity contribution in [3.8, 4) is 0 Å². The second-order valence-corrected chi connectivity index (χ2v) is 5.20. The van der Waals surface area contributed by atoms with Crippen LogP contribution < -0.4 is 5.73 Å². The summed E-state index contributed by atoms with van der Waals surface area (Å²) in [5.74, 6) is 0.832. The van der Waals surface area contributed by atoms with Gasteiger partial charge in [-0.15, -0.1) is 0 Å². The lowest BCUT2D eigenvalue weighted by Crippen LogP contribution is -2.33. The van der Waals surface area contributed by atoms with Crippen molar-refractivity contribution in [3.05, 3.63) is 18.0 Å². The highest BCUT2D eigenvalue weighted by Gasteiger charge is 2.21. The Balaban J connectivity index is 1.75. The molecule has 1 atom stereocenters. The summed E-state index contributed by atoms with van der Waals surface area (Å²) in [6, 6.07) is 0.225. The van der Waals surface area contributed by atoms with Gasteiger partial charge in [0.15, 0.2) is 0 Å². The summed E-state index contributed by atoms with van der Waals surface area (Å²) < 4.78 is 7.48. The molecule has 0 aliphatic heterocycles. The Morgan fingerprint density at radius 2 is 2.39 bits per heavy atom. The molecule has 0 aromatic carbocycles. The fourth-order valence-corrected chi connectivity index (χ4v) is 2.08. The first kappa shape index (κ1) is 13.5. The molecule has 1 aromatic heterocycles. The molecule has 1 saturated carbocycles. The molecule has 102 valence electrons. The Morgan fingerprint density at radius 3 is 2.94 bits per heavy atom. The molecule has 1 heterocycles. The number of rotatable bonds is 8. The van der Waals surface area contributed by atoms with E-state index >= 15 is 0 Å². The average Bonchev–Trinajstić information content (AvgIpc) is 3.08. The van der Waals surface area contributed by atoms with Gasteiger partial charge < -0.3 is 10.5 Å². The van der Waals surface area contributed by atoms with Gasteiger partial charge in [0.25, 0.3) is 0 Å². The van der Waals surface area contributed by atoms with E-state index in [1.165, 1.54) is 18.4 Å². The molecule has 0 amide bonds. The van der Waals surface area contributed by atoms with Crippen molar-refractivity contribution in [1.29, 1.82) is 0 Å². The van der Waals surface area contributed by atoms with Gasteiger partial charge in [0.1, 0.15) is 0 Å². The second-order valence-electron chi connectivity index (χ2n) is 5.20. The van der Waals surface area contributed by atoms with Gasteiger partial charge in [0, 0.05) is 44.5 Å². The van der Waals surface area contributed by atoms with Gasteiger partial charge in [-0.1, -0.05) is 0 Å². The summed E-state index contributed by atoms with van der Waals surface area (Å²) in [5, 5.41) is 4.20. The van der Waals surface area contributed by atoms with Crippen molar-refractivity contribution in [2.24, 2.45) is 18.7 Å². The van der Waals surface area contributed by atoms with Crippen LogP contribution in [0.15, 0.2) is 12.4 Å². The monoisotopic (exact) mass is 252 g/mol. The molecule has 1 aromatic rings. The van der Waals surface area contributed by atoms with Crippen LogP contribution >= 0.6 is 0 Å². The predicted octanol–water partition coefficient (Wildman–Crippen LogP) is 0.778. The number of hydrogen-bond donors (Lipinski definition) is 1. The van der Waals surface area contributed by atoms with Crippen molar-refractivity contribution in [3.63, 3.8) is 0 Å². The van der Waals surface area contributed by atoms with Crippen LogP contribution in [0.5, 0.6) is 0 Å². The lowest BCUT2D eigenvalue weighted by Gasteiger charge is -2.25. The number of aryl methyl sites for hydroxylation is 1. The molecule has 2 N–H and O–H groups in total. The second kappa shape index (κ2) is 6.31. The predicted molar refractivity (Wildman–Crippen MR) is 71.2 cm³/mol. The van der Waals surface area contributed by atoms with Gasteiger partial charge in [-0.25, -0.2) is 0 Å². The molecule has 1 aliphatic rings. The molecule has 1 unspecified atom stereocenters. The molecule has 1 fully saturated rings. The van der Waals surface area contributed by atoms with E-state index in [-0.39, 0.29) is 6.04 Å². The van der Waals surface area contributed by atoms with Crippen LogP contribution in [0.25, 0.3) is 0 Å². The maximum Gasteiger partial charge on any atom is 0.0593 e. The smallest absolute Gasteiger partial charge is 0.0593 e. The zero-order chi connectivity index (χ0) is 13.0. The number of nitrogens with zero attached hydrogens (tertiary/aromatic N) is 3. The first-order chi connectivity index (χ1) is 8.70. The minimum Gasteiger partial charge on any atom is -0.380 e. The Kier molecular flexibility index (Phi) is 4.74. The van der Waals surface area contributed by atoms with E-state index < -0.39 is 0 Å². The number of nitrogens with two attached hydrogens (primary N) is 1. The van der Waals surface area contributed by atoms with Gasteiger partial charge in [0.2, 0.25) is 0 Å². The van der Waals surface area contributed by atoms with Gasteiger partial charge in [-0.3, -0.25) is 9.58 Å². The van der Waals surface area contributed by atoms with Crippen LogP contribution in [0.3, 0.4) is 0 Å². The number of likely N-dealkylation sites (N-methyl/N-ethyl adjacent to an activating group) is 1. The minimum absolute atomic E-state index is 0.225. The minimum atomic E-state index is 0.225. The van der Waals surface area contributed by atoms with E-state index in [1.54, 1.807) is 0 Å². The van der Waals surface area contributed by atoms with Crippen LogP contribution in [-0.4, -0.2) is 48.0 Å². The Hall–Kier alpha value is -0.910. The van der Waals surface area contributed by atoms with Crippen molar-refractivity contribution in [1.82, 2.24) is 14.7 Å². The molecule has 0 radical (unpaired) electrons. The fraction of sp³-hybridized carbons (Fsp3) is 0.769. The van der Waals surface area contributed by atoms with E-state index in [9.17, 15) is 0 Å². The molecule has 1 aliphatic carbocycles. The van der Waals surface area contributed by atoms with Crippen LogP contribution in [0.2, 0.25) is 0 Å². The summed E-state index contributed by atoms with van der Waals surface area (Å²) in [4.78, 5) is 2.24. The SMILES string of the molecule is CN(CCOCC1CC1)C(CN)c1cnn(C)c1. The molecular formula is C13H24N4O. The molecule has 2 rings (SSSR count). The van der Waals surface area contributed by atoms with Crippen LogP contribution in [0.1, 0.15) is 24.4 Å². The highest BCUT2D eigenvalue weighted by molar-refractivity contribution is 5.10. The van der Waals surface area contributed by atoms with Crippen molar-refractivity contribution in [2.75, 3.05) is 33.4 Å². The molecule has 18 heavy (non-hydrogen) atoms. The quantitative estimate of drug-likeness (QED) is 0.695. The van der Waals surface area contributed by atoms with Gasteiger partial charge in [-0.2, -0.15) is 5.10 Å². The lowest BCUT2D eigenvalue weighted by atomic mass is 10.1. The Labute approximate surface area is 109 Å². The molecule has 5 heteroatoms. The standard InChI is InChI=1S/C13H24N4O/c1-16(5-6-18-10-11-3-4-11)13(7-14)12-8-15-17(2)9-12/h8-9,11,13H,3-7,10,14H2,1-2H3. The highest BCUT2D eigenvalue weighted by atomic mass is 16.5. The lowest BCUT2D eigenvalue weighted by molar-refractivity contribution is 0.0922. The molecule has 0 saturated heterocycles. The first-order valence-electron chi connectivity index (χ1n) is 6.67. The van der Waals surface area contributed by atoms with Crippen LogP contribution in [0, 0.1) is 5.92 Å². The molecule has 0 spiro atoms. The maximum absolute atomic E-state index is 5.86. The third-order valence-corrected chi connectivity index (χ3v) is 3.50. The number of aromatic nitrogens is 2. The van der Waals surface area contributed by atoms with Crippen LogP contribution in [0.4, 0.5) is 0 Å². The zero-order valence-corrected chi connectivity index (χ0v) is 11.4. The van der Waals surface area contributed by atoms with E-state index in [4.69, 9.17) is 10.5 Å². The fourth-order valence-electron chi connectivity index (χ4n) is 2.08. The molecule has 5 nitrogen and oxygen atoms in total. The number of ether oxygens (including phenoxy) is 1. The normalized spacial score (nSPS) is 17.3. The van der Waals surface area contributed by atoms with E-state index in [0.717, 1.165) is 25.7 Å². The van der Waals surface area contributed by atoms with E-state index in [2.05, 4.69) is 17.0 Å². The first-order valence-corrected chi connectivity index (χ1v) is 6.67. The van der Waals surface area contributed by atoms with Gasteiger partial charge in [-0.05, 0) is 25.8 Å².